The van der Waals surface area contributed by atoms with Crippen LogP contribution in [0.1, 0.15) is 16.1 Å². The second-order valence-electron chi connectivity index (χ2n) is 4.32. The molecule has 0 fully saturated rings. The Labute approximate surface area is 109 Å². The minimum Gasteiger partial charge on any atom is -0.324 e. The maximum absolute atomic E-state index is 12.1. The number of benzene rings is 1. The van der Waals surface area contributed by atoms with Gasteiger partial charge >= 0.3 is 0 Å². The Morgan fingerprint density at radius 1 is 1.37 bits per heavy atom. The van der Waals surface area contributed by atoms with E-state index in [4.69, 9.17) is 0 Å². The molecule has 2 heterocycles. The summed E-state index contributed by atoms with van der Waals surface area (Å²) in [4.78, 5) is 19.5. The summed E-state index contributed by atoms with van der Waals surface area (Å²) in [6.45, 7) is 1.85. The summed E-state index contributed by atoms with van der Waals surface area (Å²) in [6.07, 6.45) is 1.55. The van der Waals surface area contributed by atoms with Gasteiger partial charge < -0.3 is 4.98 Å². The van der Waals surface area contributed by atoms with Crippen molar-refractivity contribution in [1.82, 2.24) is 19.7 Å². The molecule has 2 aromatic heterocycles. The van der Waals surface area contributed by atoms with Gasteiger partial charge in [-0.25, -0.2) is 4.98 Å². The zero-order valence-electron chi connectivity index (χ0n) is 10.6. The molecule has 0 radical (unpaired) electrons. The molecule has 3 rings (SSSR count). The van der Waals surface area contributed by atoms with Crippen molar-refractivity contribution < 1.29 is 4.79 Å². The van der Waals surface area contributed by atoms with Gasteiger partial charge in [0.2, 0.25) is 5.95 Å². The molecular formula is C13H13N5O. The van der Waals surface area contributed by atoms with E-state index in [1.165, 1.54) is 0 Å². The van der Waals surface area contributed by atoms with Crippen molar-refractivity contribution in [2.24, 2.45) is 7.05 Å². The highest BCUT2D eigenvalue weighted by molar-refractivity contribution is 6.04. The number of carbonyl (C=O) groups is 1. The van der Waals surface area contributed by atoms with Crippen LogP contribution in [0.15, 0.2) is 30.5 Å². The molecule has 0 saturated heterocycles. The number of imidazole rings is 1. The quantitative estimate of drug-likeness (QED) is 0.733. The van der Waals surface area contributed by atoms with Gasteiger partial charge in [-0.3, -0.25) is 14.8 Å². The fourth-order valence-corrected chi connectivity index (χ4v) is 1.91. The summed E-state index contributed by atoms with van der Waals surface area (Å²) in [5.74, 6) is 0.221. The smallest absolute Gasteiger partial charge is 0.261 e. The first-order chi connectivity index (χ1) is 9.15. The zero-order chi connectivity index (χ0) is 13.4. The maximum Gasteiger partial charge on any atom is 0.261 e. The first-order valence-electron chi connectivity index (χ1n) is 5.90. The van der Waals surface area contributed by atoms with E-state index < -0.39 is 0 Å². The minimum absolute atomic E-state index is 0.218. The van der Waals surface area contributed by atoms with Crippen molar-refractivity contribution in [3.63, 3.8) is 0 Å². The van der Waals surface area contributed by atoms with Crippen LogP contribution in [0.5, 0.6) is 0 Å². The molecular weight excluding hydrogens is 242 g/mol. The number of rotatable bonds is 2. The Balaban J connectivity index is 1.88. The molecule has 19 heavy (non-hydrogen) atoms. The Bertz CT molecular complexity index is 722. The molecule has 0 unspecified atom stereocenters. The van der Waals surface area contributed by atoms with Crippen molar-refractivity contribution in [1.29, 1.82) is 0 Å². The molecule has 1 amide bonds. The molecule has 6 heteroatoms. The number of aromatic amines is 1. The normalized spacial score (nSPS) is 10.8. The lowest BCUT2D eigenvalue weighted by Crippen LogP contribution is -2.13. The monoisotopic (exact) mass is 255 g/mol. The molecule has 1 aromatic carbocycles. The third kappa shape index (κ3) is 1.97. The molecule has 0 atom stereocenters. The van der Waals surface area contributed by atoms with E-state index in [1.54, 1.807) is 17.9 Å². The molecule has 0 bridgehead atoms. The van der Waals surface area contributed by atoms with Gasteiger partial charge in [-0.15, -0.1) is 0 Å². The van der Waals surface area contributed by atoms with Crippen LogP contribution in [0.4, 0.5) is 5.95 Å². The van der Waals surface area contributed by atoms with Crippen molar-refractivity contribution >= 4 is 22.9 Å². The van der Waals surface area contributed by atoms with Gasteiger partial charge in [0, 0.05) is 12.7 Å². The van der Waals surface area contributed by atoms with Crippen LogP contribution in [0, 0.1) is 6.92 Å². The first kappa shape index (κ1) is 11.5. The highest BCUT2D eigenvalue weighted by atomic mass is 16.1. The molecule has 96 valence electrons. The lowest BCUT2D eigenvalue weighted by Gasteiger charge is -2.00. The standard InChI is InChI=1S/C13H13N5O/c1-8-9(7-14-18(8)2)12(19)17-13-15-10-5-3-4-6-11(10)16-13/h3-7H,1-2H3,(H2,15,16,17,19). The number of nitrogens with zero attached hydrogens (tertiary/aromatic N) is 3. The third-order valence-corrected chi connectivity index (χ3v) is 3.10. The lowest BCUT2D eigenvalue weighted by molar-refractivity contribution is 0.102. The fourth-order valence-electron chi connectivity index (χ4n) is 1.91. The molecule has 0 aliphatic heterocycles. The topological polar surface area (TPSA) is 75.6 Å². The second kappa shape index (κ2) is 4.24. The van der Waals surface area contributed by atoms with Crippen LogP contribution in [0.25, 0.3) is 11.0 Å². The predicted octanol–water partition coefficient (Wildman–Crippen LogP) is 1.86. The van der Waals surface area contributed by atoms with E-state index in [0.29, 0.717) is 11.5 Å². The van der Waals surface area contributed by atoms with E-state index in [2.05, 4.69) is 20.4 Å². The Hall–Kier alpha value is -2.63. The molecule has 0 aliphatic rings. The van der Waals surface area contributed by atoms with Gasteiger partial charge in [-0.1, -0.05) is 12.1 Å². The number of anilines is 1. The Morgan fingerprint density at radius 3 is 2.84 bits per heavy atom. The maximum atomic E-state index is 12.1. The average molecular weight is 255 g/mol. The first-order valence-corrected chi connectivity index (χ1v) is 5.90. The van der Waals surface area contributed by atoms with Gasteiger partial charge in [-0.2, -0.15) is 5.10 Å². The van der Waals surface area contributed by atoms with Crippen LogP contribution in [0.2, 0.25) is 0 Å². The molecule has 3 aromatic rings. The van der Waals surface area contributed by atoms with E-state index in [-0.39, 0.29) is 5.91 Å². The Morgan fingerprint density at radius 2 is 2.16 bits per heavy atom. The predicted molar refractivity (Wildman–Crippen MR) is 72.0 cm³/mol. The van der Waals surface area contributed by atoms with Crippen LogP contribution >= 0.6 is 0 Å². The highest BCUT2D eigenvalue weighted by Gasteiger charge is 2.14. The number of fused-ring (bicyclic) bond motifs is 1. The number of amides is 1. The average Bonchev–Trinajstić information content (AvgIpc) is 2.93. The van der Waals surface area contributed by atoms with Crippen LogP contribution in [-0.4, -0.2) is 25.7 Å². The van der Waals surface area contributed by atoms with Gasteiger partial charge in [0.25, 0.3) is 5.91 Å². The molecule has 0 aliphatic carbocycles. The molecule has 0 saturated carbocycles. The van der Waals surface area contributed by atoms with Crippen LogP contribution in [0.3, 0.4) is 0 Å². The molecule has 2 N–H and O–H groups in total. The van der Waals surface area contributed by atoms with Crippen LogP contribution in [-0.2, 0) is 7.05 Å². The van der Waals surface area contributed by atoms with Crippen molar-refractivity contribution in [2.75, 3.05) is 5.32 Å². The van der Waals surface area contributed by atoms with E-state index in [1.807, 2.05) is 31.2 Å². The lowest BCUT2D eigenvalue weighted by atomic mass is 10.2. The summed E-state index contributed by atoms with van der Waals surface area (Å²) < 4.78 is 1.66. The van der Waals surface area contributed by atoms with Crippen LogP contribution < -0.4 is 5.32 Å². The number of nitrogens with one attached hydrogen (secondary N) is 2. The number of para-hydroxylation sites is 2. The van der Waals surface area contributed by atoms with Gasteiger partial charge in [-0.05, 0) is 19.1 Å². The highest BCUT2D eigenvalue weighted by Crippen LogP contribution is 2.14. The van der Waals surface area contributed by atoms with Gasteiger partial charge in [0.15, 0.2) is 0 Å². The largest absolute Gasteiger partial charge is 0.324 e. The van der Waals surface area contributed by atoms with Crippen molar-refractivity contribution in [3.8, 4) is 0 Å². The number of aryl methyl sites for hydroxylation is 1. The number of H-pyrrole nitrogens is 1. The number of aromatic nitrogens is 4. The zero-order valence-corrected chi connectivity index (χ0v) is 10.6. The number of hydrogen-bond donors (Lipinski definition) is 2. The summed E-state index contributed by atoms with van der Waals surface area (Å²) >= 11 is 0. The van der Waals surface area contributed by atoms with Crippen molar-refractivity contribution in [2.45, 2.75) is 6.92 Å². The second-order valence-corrected chi connectivity index (χ2v) is 4.32. The Kier molecular flexibility index (Phi) is 2.56. The summed E-state index contributed by atoms with van der Waals surface area (Å²) in [5.41, 5.74) is 3.07. The fraction of sp³-hybridized carbons (Fsp3) is 0.154. The minimum atomic E-state index is -0.218. The van der Waals surface area contributed by atoms with E-state index >= 15 is 0 Å². The molecule has 0 spiro atoms. The third-order valence-electron chi connectivity index (χ3n) is 3.10. The van der Waals surface area contributed by atoms with Gasteiger partial charge in [0.1, 0.15) is 0 Å². The van der Waals surface area contributed by atoms with Crippen molar-refractivity contribution in [3.05, 3.63) is 41.7 Å². The molecule has 6 nitrogen and oxygen atoms in total. The summed E-state index contributed by atoms with van der Waals surface area (Å²) in [5, 5.41) is 6.79. The number of hydrogen-bond acceptors (Lipinski definition) is 3. The number of carbonyl (C=O) groups excluding carboxylic acids is 1. The van der Waals surface area contributed by atoms with E-state index in [0.717, 1.165) is 16.7 Å². The van der Waals surface area contributed by atoms with E-state index in [9.17, 15) is 4.79 Å². The van der Waals surface area contributed by atoms with Gasteiger partial charge in [0.05, 0.1) is 22.8 Å². The summed E-state index contributed by atoms with van der Waals surface area (Å²) in [6, 6.07) is 7.61. The SMILES string of the molecule is Cc1c(C(=O)Nc2nc3ccccc3[nH]2)cnn1C. The summed E-state index contributed by atoms with van der Waals surface area (Å²) in [7, 11) is 1.80.